The molecule has 32 heavy (non-hydrogen) atoms. The van der Waals surface area contributed by atoms with Gasteiger partial charge >= 0.3 is 0 Å². The molecule has 0 saturated carbocycles. The average Bonchev–Trinajstić information content (AvgIpc) is 2.98. The number of hydrogen-bond donors (Lipinski definition) is 0. The molecule has 0 aromatic heterocycles. The van der Waals surface area contributed by atoms with Gasteiger partial charge in [-0.15, -0.1) is 0 Å². The zero-order valence-corrected chi connectivity index (χ0v) is 18.5. The van der Waals surface area contributed by atoms with Crippen LogP contribution in [-0.4, -0.2) is 0 Å². The predicted molar refractivity (Wildman–Crippen MR) is 140 cm³/mol. The molecule has 5 aromatic rings. The third kappa shape index (κ3) is 4.37. The van der Waals surface area contributed by atoms with Crippen LogP contribution in [0, 0.1) is 0 Å². The lowest BCUT2D eigenvalue weighted by Crippen LogP contribution is -2.09. The molecule has 0 aliphatic rings. The number of halogens is 1. The van der Waals surface area contributed by atoms with Crippen LogP contribution >= 0.6 is 15.9 Å². The SMILES string of the molecule is [2H]c1c([2H])c(-c2ccc(-c3c([2H])c([2H])c(N(c4ccccc4)c4ccccc4)c([2H])c3[2H])cc2)c([2H])c([2H])c1Br. The molecule has 0 bridgehead atoms. The first-order valence-electron chi connectivity index (χ1n) is 14.0. The Kier molecular flexibility index (Phi) is 3.77. The number of hydrogen-bond acceptors (Lipinski definition) is 1. The van der Waals surface area contributed by atoms with E-state index in [-0.39, 0.29) is 69.6 Å². The minimum absolute atomic E-state index is 0.0895. The van der Waals surface area contributed by atoms with Crippen molar-refractivity contribution in [2.75, 3.05) is 4.90 Å². The number of nitrogens with zero attached hydrogens (tertiary/aromatic N) is 1. The monoisotopic (exact) mass is 483 g/mol. The van der Waals surface area contributed by atoms with E-state index in [2.05, 4.69) is 15.9 Å². The van der Waals surface area contributed by atoms with Crippen LogP contribution in [0.4, 0.5) is 17.1 Å². The maximum absolute atomic E-state index is 8.92. The molecule has 0 N–H and O–H groups in total. The van der Waals surface area contributed by atoms with Crippen molar-refractivity contribution in [3.05, 3.63) is 138 Å². The van der Waals surface area contributed by atoms with Crippen LogP contribution in [0.3, 0.4) is 0 Å². The standard InChI is InChI=1S/C30H22BrN/c31-27-19-15-25(16-20-27)23-11-13-24(14-12-23)26-17-21-30(22-18-26)32(28-7-3-1-4-8-28)29-9-5-2-6-10-29/h1-22H/i15D,16D,17D,18D,19D,20D,21D,22D. The Morgan fingerprint density at radius 2 is 0.844 bits per heavy atom. The van der Waals surface area contributed by atoms with Crippen molar-refractivity contribution in [1.29, 1.82) is 0 Å². The Labute approximate surface area is 209 Å². The highest BCUT2D eigenvalue weighted by molar-refractivity contribution is 9.10. The van der Waals surface area contributed by atoms with Crippen molar-refractivity contribution < 1.29 is 11.0 Å². The highest BCUT2D eigenvalue weighted by atomic mass is 79.9. The van der Waals surface area contributed by atoms with Gasteiger partial charge in [0.25, 0.3) is 0 Å². The van der Waals surface area contributed by atoms with Crippen LogP contribution in [0.25, 0.3) is 22.3 Å². The van der Waals surface area contributed by atoms with Crippen LogP contribution in [0.15, 0.2) is 138 Å². The summed E-state index contributed by atoms with van der Waals surface area (Å²) in [5, 5.41) is 0. The molecular weight excluding hydrogens is 454 g/mol. The molecule has 5 rings (SSSR count). The molecule has 1 nitrogen and oxygen atoms in total. The summed E-state index contributed by atoms with van der Waals surface area (Å²) in [6, 6.07) is 23.4. The first-order valence-corrected chi connectivity index (χ1v) is 10.8. The summed E-state index contributed by atoms with van der Waals surface area (Å²) < 4.78 is 68.5. The minimum Gasteiger partial charge on any atom is -0.311 e. The summed E-state index contributed by atoms with van der Waals surface area (Å²) in [5.41, 5.74) is 2.67. The molecule has 154 valence electrons. The number of benzene rings is 5. The second kappa shape index (κ2) is 9.25. The van der Waals surface area contributed by atoms with Crippen LogP contribution in [0.5, 0.6) is 0 Å². The van der Waals surface area contributed by atoms with Gasteiger partial charge in [-0.2, -0.15) is 0 Å². The fraction of sp³-hybridized carbons (Fsp3) is 0. The van der Waals surface area contributed by atoms with Crippen LogP contribution in [-0.2, 0) is 0 Å². The van der Waals surface area contributed by atoms with Gasteiger partial charge in [-0.1, -0.05) is 101 Å². The number of rotatable bonds is 5. The van der Waals surface area contributed by atoms with E-state index in [0.29, 0.717) is 22.5 Å². The number of anilines is 3. The van der Waals surface area contributed by atoms with E-state index in [4.69, 9.17) is 11.0 Å². The molecule has 0 aliphatic heterocycles. The van der Waals surface area contributed by atoms with Gasteiger partial charge in [0.05, 0.1) is 11.0 Å². The molecule has 2 heteroatoms. The van der Waals surface area contributed by atoms with E-state index in [1.54, 1.807) is 29.2 Å². The Bertz CT molecular complexity index is 1630. The normalized spacial score (nSPS) is 14.2. The molecule has 5 aromatic carbocycles. The second-order valence-electron chi connectivity index (χ2n) is 7.00. The van der Waals surface area contributed by atoms with E-state index in [1.165, 1.54) is 0 Å². The van der Waals surface area contributed by atoms with Crippen molar-refractivity contribution in [2.45, 2.75) is 0 Å². The van der Waals surface area contributed by atoms with Gasteiger partial charge in [-0.25, -0.2) is 0 Å². The summed E-state index contributed by atoms with van der Waals surface area (Å²) in [6.45, 7) is 0. The summed E-state index contributed by atoms with van der Waals surface area (Å²) in [4.78, 5) is 1.71. The quantitative estimate of drug-likeness (QED) is 0.240. The average molecular weight is 484 g/mol. The Hall–Kier alpha value is -3.62. The molecule has 0 heterocycles. The van der Waals surface area contributed by atoms with E-state index in [0.717, 1.165) is 0 Å². The Morgan fingerprint density at radius 1 is 0.438 bits per heavy atom. The minimum atomic E-state index is -0.200. The van der Waals surface area contributed by atoms with Gasteiger partial charge in [0.2, 0.25) is 0 Å². The van der Waals surface area contributed by atoms with E-state index in [1.807, 2.05) is 60.7 Å². The van der Waals surface area contributed by atoms with Gasteiger partial charge in [0.1, 0.15) is 0 Å². The van der Waals surface area contributed by atoms with Gasteiger partial charge < -0.3 is 4.90 Å². The third-order valence-electron chi connectivity index (χ3n) is 4.92. The topological polar surface area (TPSA) is 3.24 Å². The molecular formula is C30H22BrN. The summed E-state index contributed by atoms with van der Waals surface area (Å²) in [6.07, 6.45) is 0. The molecule has 0 unspecified atom stereocenters. The smallest absolute Gasteiger partial charge is 0.0645 e. The molecule has 0 spiro atoms. The van der Waals surface area contributed by atoms with Crippen molar-refractivity contribution in [3.63, 3.8) is 0 Å². The van der Waals surface area contributed by atoms with Crippen LogP contribution < -0.4 is 4.90 Å². The molecule has 0 amide bonds. The highest BCUT2D eigenvalue weighted by Crippen LogP contribution is 2.35. The lowest BCUT2D eigenvalue weighted by molar-refractivity contribution is 1.28. The predicted octanol–water partition coefficient (Wildman–Crippen LogP) is 9.25. The second-order valence-corrected chi connectivity index (χ2v) is 7.79. The zero-order chi connectivity index (χ0) is 28.7. The fourth-order valence-electron chi connectivity index (χ4n) is 3.37. The van der Waals surface area contributed by atoms with Crippen molar-refractivity contribution in [3.8, 4) is 22.3 Å². The maximum Gasteiger partial charge on any atom is 0.0645 e. The van der Waals surface area contributed by atoms with Crippen molar-refractivity contribution in [1.82, 2.24) is 0 Å². The molecule has 0 radical (unpaired) electrons. The zero-order valence-electron chi connectivity index (χ0n) is 24.9. The summed E-state index contributed by atoms with van der Waals surface area (Å²) >= 11 is 3.11. The van der Waals surface area contributed by atoms with Crippen molar-refractivity contribution in [2.24, 2.45) is 0 Å². The molecule has 0 saturated heterocycles. The van der Waals surface area contributed by atoms with Gasteiger partial charge in [-0.3, -0.25) is 0 Å². The van der Waals surface area contributed by atoms with Gasteiger partial charge in [0.15, 0.2) is 0 Å². The fourth-order valence-corrected chi connectivity index (χ4v) is 3.57. The van der Waals surface area contributed by atoms with E-state index < -0.39 is 0 Å². The third-order valence-corrected chi connectivity index (χ3v) is 5.32. The van der Waals surface area contributed by atoms with Crippen LogP contribution in [0.1, 0.15) is 11.0 Å². The number of para-hydroxylation sites is 2. The van der Waals surface area contributed by atoms with Gasteiger partial charge in [-0.05, 0) is 70.7 Å². The largest absolute Gasteiger partial charge is 0.311 e. The summed E-state index contributed by atoms with van der Waals surface area (Å²) in [7, 11) is 0. The Morgan fingerprint density at radius 3 is 1.28 bits per heavy atom. The maximum atomic E-state index is 8.92. The lowest BCUT2D eigenvalue weighted by atomic mass is 10.00. The molecule has 0 atom stereocenters. The lowest BCUT2D eigenvalue weighted by Gasteiger charge is -2.25. The molecule has 0 aliphatic carbocycles. The summed E-state index contributed by atoms with van der Waals surface area (Å²) in [5.74, 6) is 0. The van der Waals surface area contributed by atoms with E-state index in [9.17, 15) is 0 Å². The van der Waals surface area contributed by atoms with Crippen molar-refractivity contribution >= 4 is 33.0 Å². The van der Waals surface area contributed by atoms with Gasteiger partial charge in [0, 0.05) is 21.5 Å². The molecule has 0 fully saturated rings. The first-order chi connectivity index (χ1) is 19.1. The Balaban J connectivity index is 1.65. The van der Waals surface area contributed by atoms with Crippen LogP contribution in [0.2, 0.25) is 0 Å². The van der Waals surface area contributed by atoms with E-state index >= 15 is 0 Å². The first kappa shape index (κ1) is 13.0. The highest BCUT2D eigenvalue weighted by Gasteiger charge is 2.11.